The minimum atomic E-state index is 0.618. The molecule has 6 heteroatoms. The summed E-state index contributed by atoms with van der Waals surface area (Å²) < 4.78 is 12.9. The first-order valence-electron chi connectivity index (χ1n) is 9.22. The number of rotatable bonds is 5. The fourth-order valence-electron chi connectivity index (χ4n) is 3.49. The average Bonchev–Trinajstić information content (AvgIpc) is 3.11. The van der Waals surface area contributed by atoms with Gasteiger partial charge in [-0.15, -0.1) is 11.8 Å². The van der Waals surface area contributed by atoms with Crippen molar-refractivity contribution in [2.75, 3.05) is 14.2 Å². The summed E-state index contributed by atoms with van der Waals surface area (Å²) in [7, 11) is 3.29. The van der Waals surface area contributed by atoms with Gasteiger partial charge in [0, 0.05) is 5.75 Å². The van der Waals surface area contributed by atoms with Crippen LogP contribution in [0.25, 0.3) is 16.7 Å². The third-order valence-corrected chi connectivity index (χ3v) is 6.12. The molecule has 29 heavy (non-hydrogen) atoms. The second-order valence-corrected chi connectivity index (χ2v) is 7.83. The van der Waals surface area contributed by atoms with Gasteiger partial charge in [-0.25, -0.2) is 4.98 Å². The van der Waals surface area contributed by atoms with Gasteiger partial charge < -0.3 is 9.47 Å². The Morgan fingerprint density at radius 3 is 2.48 bits per heavy atom. The van der Waals surface area contributed by atoms with E-state index in [0.717, 1.165) is 44.4 Å². The number of nitrogens with zero attached hydrogens (tertiary/aromatic N) is 3. The van der Waals surface area contributed by atoms with Gasteiger partial charge in [-0.1, -0.05) is 12.1 Å². The Balaban J connectivity index is 1.81. The zero-order valence-corrected chi connectivity index (χ0v) is 17.6. The van der Waals surface area contributed by atoms with Gasteiger partial charge in [0.15, 0.2) is 17.1 Å². The molecular weight excluding hydrogens is 382 g/mol. The van der Waals surface area contributed by atoms with Gasteiger partial charge >= 0.3 is 0 Å². The molecule has 0 spiro atoms. The Kier molecular flexibility index (Phi) is 5.08. The lowest BCUT2D eigenvalue weighted by atomic mass is 10.1. The molecule has 2 heterocycles. The number of hydrogen-bond acceptors (Lipinski definition) is 5. The second kappa shape index (κ2) is 7.69. The van der Waals surface area contributed by atoms with Crippen LogP contribution in [0.3, 0.4) is 0 Å². The van der Waals surface area contributed by atoms with Crippen LogP contribution in [-0.4, -0.2) is 23.6 Å². The zero-order valence-electron chi connectivity index (χ0n) is 16.8. The van der Waals surface area contributed by atoms with Crippen LogP contribution >= 0.6 is 11.8 Å². The molecule has 5 nitrogen and oxygen atoms in total. The smallest absolute Gasteiger partial charge is 0.161 e. The maximum Gasteiger partial charge on any atom is 0.161 e. The minimum Gasteiger partial charge on any atom is -0.493 e. The Bertz CT molecular complexity index is 1270. The number of nitriles is 1. The van der Waals surface area contributed by atoms with Crippen LogP contribution in [0.4, 0.5) is 0 Å². The topological polar surface area (TPSA) is 59.5 Å². The molecule has 0 aliphatic rings. The number of imidazole rings is 1. The number of aromatic nitrogens is 2. The van der Waals surface area contributed by atoms with Crippen LogP contribution in [0.2, 0.25) is 0 Å². The predicted molar refractivity (Wildman–Crippen MR) is 116 cm³/mol. The first-order chi connectivity index (χ1) is 14.1. The summed E-state index contributed by atoms with van der Waals surface area (Å²) in [4.78, 5) is 4.72. The van der Waals surface area contributed by atoms with E-state index in [-0.39, 0.29) is 0 Å². The highest BCUT2D eigenvalue weighted by Crippen LogP contribution is 2.35. The summed E-state index contributed by atoms with van der Waals surface area (Å²) in [5.41, 5.74) is 6.47. The number of benzene rings is 2. The van der Waals surface area contributed by atoms with Gasteiger partial charge in [0.05, 0.1) is 35.8 Å². The van der Waals surface area contributed by atoms with Crippen molar-refractivity contribution in [1.29, 1.82) is 5.26 Å². The van der Waals surface area contributed by atoms with Crippen molar-refractivity contribution < 1.29 is 9.47 Å². The molecular formula is C23H21N3O2S. The van der Waals surface area contributed by atoms with Gasteiger partial charge in [0.1, 0.15) is 6.07 Å². The van der Waals surface area contributed by atoms with Gasteiger partial charge in [-0.2, -0.15) is 5.26 Å². The van der Waals surface area contributed by atoms with Crippen molar-refractivity contribution in [3.63, 3.8) is 0 Å². The molecule has 0 saturated heterocycles. The summed E-state index contributed by atoms with van der Waals surface area (Å²) in [6.45, 7) is 4.04. The van der Waals surface area contributed by atoms with Gasteiger partial charge in [-0.3, -0.25) is 4.40 Å². The van der Waals surface area contributed by atoms with Crippen LogP contribution in [0.1, 0.15) is 22.3 Å². The summed E-state index contributed by atoms with van der Waals surface area (Å²) in [5, 5.41) is 10.7. The third-order valence-electron chi connectivity index (χ3n) is 5.07. The average molecular weight is 404 g/mol. The second-order valence-electron chi connectivity index (χ2n) is 6.83. The Morgan fingerprint density at radius 1 is 1.03 bits per heavy atom. The monoisotopic (exact) mass is 403 g/mol. The first-order valence-corrected chi connectivity index (χ1v) is 10.2. The van der Waals surface area contributed by atoms with Crippen LogP contribution in [0.15, 0.2) is 47.5 Å². The standard InChI is InChI=1S/C23H21N3O2S/c1-14-9-20(27-3)21(28-4)11-16(14)13-29-22-10-15(2)17(12-24)23-25-18-7-5-6-8-19(18)26(22)23/h5-11H,13H2,1-4H3. The number of thioether (sulfide) groups is 1. The van der Waals surface area contributed by atoms with Crippen molar-refractivity contribution in [2.45, 2.75) is 24.6 Å². The molecule has 0 saturated carbocycles. The van der Waals surface area contributed by atoms with Gasteiger partial charge in [0.2, 0.25) is 0 Å². The van der Waals surface area contributed by atoms with Crippen molar-refractivity contribution >= 4 is 28.4 Å². The Morgan fingerprint density at radius 2 is 1.76 bits per heavy atom. The summed E-state index contributed by atoms with van der Waals surface area (Å²) in [6, 6.07) is 16.4. The third kappa shape index (κ3) is 3.28. The zero-order chi connectivity index (χ0) is 20.5. The molecule has 0 aliphatic carbocycles. The number of methoxy groups -OCH3 is 2. The maximum atomic E-state index is 9.65. The van der Waals surface area contributed by atoms with Crippen LogP contribution in [0, 0.1) is 25.2 Å². The number of pyridine rings is 1. The number of aryl methyl sites for hydroxylation is 2. The molecule has 2 aromatic heterocycles. The van der Waals surface area contributed by atoms with Crippen molar-refractivity contribution in [3.05, 3.63) is 64.7 Å². The molecule has 0 radical (unpaired) electrons. The summed E-state index contributed by atoms with van der Waals surface area (Å²) >= 11 is 1.72. The highest BCUT2D eigenvalue weighted by atomic mass is 32.2. The summed E-state index contributed by atoms with van der Waals surface area (Å²) in [5.74, 6) is 2.22. The van der Waals surface area contributed by atoms with E-state index in [2.05, 4.69) is 23.5 Å². The number of hydrogen-bond donors (Lipinski definition) is 0. The van der Waals surface area contributed by atoms with E-state index >= 15 is 0 Å². The van der Waals surface area contributed by atoms with E-state index in [1.54, 1.807) is 26.0 Å². The van der Waals surface area contributed by atoms with Gasteiger partial charge in [0.25, 0.3) is 0 Å². The molecule has 4 rings (SSSR count). The molecule has 0 aliphatic heterocycles. The molecule has 0 N–H and O–H groups in total. The van der Waals surface area contributed by atoms with Crippen LogP contribution in [-0.2, 0) is 5.75 Å². The largest absolute Gasteiger partial charge is 0.493 e. The van der Waals surface area contributed by atoms with Crippen LogP contribution < -0.4 is 9.47 Å². The van der Waals surface area contributed by atoms with E-state index < -0.39 is 0 Å². The van der Waals surface area contributed by atoms with E-state index in [0.29, 0.717) is 11.2 Å². The van der Waals surface area contributed by atoms with Crippen molar-refractivity contribution in [3.8, 4) is 17.6 Å². The number of ether oxygens (including phenoxy) is 2. The van der Waals surface area contributed by atoms with E-state index in [4.69, 9.17) is 14.5 Å². The molecule has 146 valence electrons. The molecule has 2 aromatic carbocycles. The predicted octanol–water partition coefficient (Wildman–Crippen LogP) is 5.29. The van der Waals surface area contributed by atoms with E-state index in [1.807, 2.05) is 43.3 Å². The lowest BCUT2D eigenvalue weighted by molar-refractivity contribution is 0.354. The molecule has 0 atom stereocenters. The Hall–Kier alpha value is -3.17. The lowest BCUT2D eigenvalue weighted by Gasteiger charge is -2.14. The molecule has 0 fully saturated rings. The molecule has 0 amide bonds. The minimum absolute atomic E-state index is 0.618. The maximum absolute atomic E-state index is 9.65. The molecule has 0 unspecified atom stereocenters. The number of fused-ring (bicyclic) bond motifs is 3. The Labute approximate surface area is 173 Å². The van der Waals surface area contributed by atoms with Crippen LogP contribution in [0.5, 0.6) is 11.5 Å². The lowest BCUT2D eigenvalue weighted by Crippen LogP contribution is -1.98. The van der Waals surface area contributed by atoms with Crippen molar-refractivity contribution in [2.24, 2.45) is 0 Å². The van der Waals surface area contributed by atoms with E-state index in [1.165, 1.54) is 5.56 Å². The molecule has 0 bridgehead atoms. The fourth-order valence-corrected chi connectivity index (χ4v) is 4.68. The normalized spacial score (nSPS) is 11.0. The highest BCUT2D eigenvalue weighted by Gasteiger charge is 2.16. The fraction of sp³-hybridized carbons (Fsp3) is 0.217. The van der Waals surface area contributed by atoms with Gasteiger partial charge in [-0.05, 0) is 60.9 Å². The first kappa shape index (κ1) is 19.2. The number of para-hydroxylation sites is 2. The van der Waals surface area contributed by atoms with E-state index in [9.17, 15) is 5.26 Å². The summed E-state index contributed by atoms with van der Waals surface area (Å²) in [6.07, 6.45) is 0. The molecule has 4 aromatic rings. The van der Waals surface area contributed by atoms with Crippen molar-refractivity contribution in [1.82, 2.24) is 9.38 Å². The SMILES string of the molecule is COc1cc(C)c(CSc2cc(C)c(C#N)c3nc4ccccc4n23)cc1OC. The highest BCUT2D eigenvalue weighted by molar-refractivity contribution is 7.98. The quantitative estimate of drug-likeness (QED) is 0.424.